The molecule has 0 saturated heterocycles. The second-order valence-corrected chi connectivity index (χ2v) is 4.75. The van der Waals surface area contributed by atoms with E-state index in [2.05, 4.69) is 5.16 Å². The van der Waals surface area contributed by atoms with Crippen LogP contribution in [-0.4, -0.2) is 22.0 Å². The van der Waals surface area contributed by atoms with Crippen LogP contribution < -0.4 is 0 Å². The van der Waals surface area contributed by atoms with Crippen molar-refractivity contribution in [3.05, 3.63) is 0 Å². The summed E-state index contributed by atoms with van der Waals surface area (Å²) in [5.74, 6) is -0.494. The van der Waals surface area contributed by atoms with Gasteiger partial charge in [0.05, 0.1) is 0 Å². The minimum absolute atomic E-state index is 0.114. The Morgan fingerprint density at radius 3 is 1.73 bits per heavy atom. The highest BCUT2D eigenvalue weighted by Crippen LogP contribution is 2.21. The Hall–Kier alpha value is -1.06. The first kappa shape index (κ1) is 13.9. The molecular weight excluding hydrogens is 194 g/mol. The van der Waals surface area contributed by atoms with Crippen LogP contribution in [0.25, 0.3) is 0 Å². The first-order valence-corrected chi connectivity index (χ1v) is 5.33. The Kier molecular flexibility index (Phi) is 5.97. The van der Waals surface area contributed by atoms with Gasteiger partial charge in [-0.25, -0.2) is 4.79 Å². The van der Waals surface area contributed by atoms with Crippen LogP contribution in [0.2, 0.25) is 0 Å². The molecular formula is C11H21NO3. The third-order valence-corrected chi connectivity index (χ3v) is 2.23. The zero-order valence-corrected chi connectivity index (χ0v) is 9.90. The second kappa shape index (κ2) is 6.43. The molecule has 0 fully saturated rings. The highest BCUT2D eigenvalue weighted by atomic mass is 16.4. The molecule has 0 unspecified atom stereocenters. The van der Waals surface area contributed by atoms with Crippen LogP contribution in [0.4, 0.5) is 0 Å². The largest absolute Gasteiger partial charge is 0.477 e. The molecule has 0 amide bonds. The fourth-order valence-electron chi connectivity index (χ4n) is 1.76. The SMILES string of the molecule is CC(C)CC(CC(C)C)C(=NO)C(=O)O. The smallest absolute Gasteiger partial charge is 0.353 e. The number of carbonyl (C=O) groups is 1. The quantitative estimate of drug-likeness (QED) is 0.406. The molecule has 0 aromatic rings. The lowest BCUT2D eigenvalue weighted by Crippen LogP contribution is -2.26. The lowest BCUT2D eigenvalue weighted by atomic mass is 9.86. The summed E-state index contributed by atoms with van der Waals surface area (Å²) in [6, 6.07) is 0. The third kappa shape index (κ3) is 5.40. The number of oxime groups is 1. The van der Waals surface area contributed by atoms with Gasteiger partial charge in [-0.15, -0.1) is 0 Å². The van der Waals surface area contributed by atoms with Crippen molar-refractivity contribution in [1.29, 1.82) is 0 Å². The number of carboxylic acids is 1. The molecule has 15 heavy (non-hydrogen) atoms. The molecule has 0 aliphatic rings. The minimum atomic E-state index is -1.12. The summed E-state index contributed by atoms with van der Waals surface area (Å²) in [7, 11) is 0. The first-order chi connectivity index (χ1) is 6.88. The number of carboxylic acid groups (broad SMARTS) is 1. The van der Waals surface area contributed by atoms with Crippen molar-refractivity contribution in [3.63, 3.8) is 0 Å². The van der Waals surface area contributed by atoms with Crippen molar-refractivity contribution in [1.82, 2.24) is 0 Å². The highest BCUT2D eigenvalue weighted by Gasteiger charge is 2.24. The van der Waals surface area contributed by atoms with Crippen LogP contribution in [0, 0.1) is 17.8 Å². The molecule has 0 aromatic heterocycles. The maximum atomic E-state index is 10.8. The first-order valence-electron chi connectivity index (χ1n) is 5.33. The number of nitrogens with zero attached hydrogens (tertiary/aromatic N) is 1. The predicted molar refractivity (Wildman–Crippen MR) is 59.3 cm³/mol. The number of rotatable bonds is 6. The summed E-state index contributed by atoms with van der Waals surface area (Å²) in [5.41, 5.74) is -0.114. The molecule has 4 heteroatoms. The third-order valence-electron chi connectivity index (χ3n) is 2.23. The van der Waals surface area contributed by atoms with E-state index >= 15 is 0 Å². The Bertz CT molecular complexity index is 224. The summed E-state index contributed by atoms with van der Waals surface area (Å²) in [4.78, 5) is 10.8. The molecule has 0 atom stereocenters. The number of hydrogen-bond acceptors (Lipinski definition) is 3. The Morgan fingerprint density at radius 2 is 1.53 bits per heavy atom. The Morgan fingerprint density at radius 1 is 1.13 bits per heavy atom. The van der Waals surface area contributed by atoms with Gasteiger partial charge < -0.3 is 10.3 Å². The maximum absolute atomic E-state index is 10.8. The van der Waals surface area contributed by atoms with E-state index in [-0.39, 0.29) is 11.6 Å². The molecule has 0 rings (SSSR count). The normalized spacial score (nSPS) is 12.9. The van der Waals surface area contributed by atoms with Gasteiger partial charge >= 0.3 is 5.97 Å². The predicted octanol–water partition coefficient (Wildman–Crippen LogP) is 2.61. The van der Waals surface area contributed by atoms with Crippen molar-refractivity contribution >= 4 is 11.7 Å². The molecule has 0 radical (unpaired) electrons. The van der Waals surface area contributed by atoms with Gasteiger partial charge in [-0.2, -0.15) is 0 Å². The van der Waals surface area contributed by atoms with Gasteiger partial charge in [0, 0.05) is 5.92 Å². The van der Waals surface area contributed by atoms with E-state index in [1.807, 2.05) is 27.7 Å². The van der Waals surface area contributed by atoms with Crippen LogP contribution in [0.5, 0.6) is 0 Å². The molecule has 0 aromatic carbocycles. The van der Waals surface area contributed by atoms with E-state index in [0.29, 0.717) is 11.8 Å². The average Bonchev–Trinajstić information content (AvgIpc) is 2.01. The van der Waals surface area contributed by atoms with Gasteiger partial charge in [0.25, 0.3) is 0 Å². The molecule has 4 nitrogen and oxygen atoms in total. The van der Waals surface area contributed by atoms with Crippen molar-refractivity contribution in [2.75, 3.05) is 0 Å². The van der Waals surface area contributed by atoms with E-state index < -0.39 is 5.97 Å². The average molecular weight is 215 g/mol. The molecule has 88 valence electrons. The summed E-state index contributed by atoms with van der Waals surface area (Å²) in [6.45, 7) is 8.13. The lowest BCUT2D eigenvalue weighted by Gasteiger charge is -2.19. The van der Waals surface area contributed by atoms with Crippen LogP contribution >= 0.6 is 0 Å². The van der Waals surface area contributed by atoms with Gasteiger partial charge in [-0.1, -0.05) is 32.9 Å². The van der Waals surface area contributed by atoms with Crippen molar-refractivity contribution in [2.24, 2.45) is 22.9 Å². The Labute approximate surface area is 91.0 Å². The van der Waals surface area contributed by atoms with Gasteiger partial charge in [-0.05, 0) is 24.7 Å². The van der Waals surface area contributed by atoms with Crippen LogP contribution in [0.1, 0.15) is 40.5 Å². The van der Waals surface area contributed by atoms with Crippen LogP contribution in [0.3, 0.4) is 0 Å². The minimum Gasteiger partial charge on any atom is -0.477 e. The molecule has 0 heterocycles. The lowest BCUT2D eigenvalue weighted by molar-refractivity contribution is -0.129. The molecule has 0 spiro atoms. The molecule has 2 N–H and O–H groups in total. The summed E-state index contributed by atoms with van der Waals surface area (Å²) >= 11 is 0. The monoisotopic (exact) mass is 215 g/mol. The molecule has 0 saturated carbocycles. The summed E-state index contributed by atoms with van der Waals surface area (Å²) in [5, 5.41) is 20.5. The van der Waals surface area contributed by atoms with E-state index in [0.717, 1.165) is 12.8 Å². The van der Waals surface area contributed by atoms with Crippen molar-refractivity contribution in [3.8, 4) is 0 Å². The fourth-order valence-corrected chi connectivity index (χ4v) is 1.76. The second-order valence-electron chi connectivity index (χ2n) is 4.75. The zero-order valence-electron chi connectivity index (χ0n) is 9.90. The van der Waals surface area contributed by atoms with Gasteiger partial charge in [0.2, 0.25) is 0 Å². The van der Waals surface area contributed by atoms with E-state index in [9.17, 15) is 4.79 Å². The molecule has 0 aliphatic carbocycles. The van der Waals surface area contributed by atoms with Gasteiger partial charge in [-0.3, -0.25) is 0 Å². The number of aliphatic carboxylic acids is 1. The van der Waals surface area contributed by atoms with Crippen molar-refractivity contribution < 1.29 is 15.1 Å². The van der Waals surface area contributed by atoms with Crippen LogP contribution in [0.15, 0.2) is 5.16 Å². The standard InChI is InChI=1S/C11H21NO3/c1-7(2)5-9(6-8(3)4)10(12-15)11(13)14/h7-9,15H,5-6H2,1-4H3,(H,13,14). The van der Waals surface area contributed by atoms with E-state index in [4.69, 9.17) is 10.3 Å². The zero-order chi connectivity index (χ0) is 12.0. The van der Waals surface area contributed by atoms with Crippen molar-refractivity contribution in [2.45, 2.75) is 40.5 Å². The van der Waals surface area contributed by atoms with E-state index in [1.54, 1.807) is 0 Å². The summed E-state index contributed by atoms with van der Waals surface area (Å²) in [6.07, 6.45) is 1.48. The molecule has 0 aliphatic heterocycles. The topological polar surface area (TPSA) is 69.9 Å². The van der Waals surface area contributed by atoms with Gasteiger partial charge in [0.1, 0.15) is 0 Å². The maximum Gasteiger partial charge on any atom is 0.353 e. The number of hydrogen-bond donors (Lipinski definition) is 2. The Balaban J connectivity index is 4.67. The highest BCUT2D eigenvalue weighted by molar-refractivity contribution is 6.36. The van der Waals surface area contributed by atoms with Crippen LogP contribution in [-0.2, 0) is 4.79 Å². The van der Waals surface area contributed by atoms with E-state index in [1.165, 1.54) is 0 Å². The summed E-state index contributed by atoms with van der Waals surface area (Å²) < 4.78 is 0. The molecule has 0 bridgehead atoms. The fraction of sp³-hybridized carbons (Fsp3) is 0.818. The van der Waals surface area contributed by atoms with Gasteiger partial charge in [0.15, 0.2) is 5.71 Å².